The predicted octanol–water partition coefficient (Wildman–Crippen LogP) is 3.24. The van der Waals surface area contributed by atoms with Crippen LogP contribution in [0.1, 0.15) is 19.8 Å². The smallest absolute Gasteiger partial charge is 0.0201 e. The Morgan fingerprint density at radius 2 is 2.46 bits per heavy atom. The number of alkyl halides is 1. The van der Waals surface area contributed by atoms with Gasteiger partial charge in [-0.25, -0.2) is 0 Å². The van der Waals surface area contributed by atoms with Gasteiger partial charge < -0.3 is 0 Å². The summed E-state index contributed by atoms with van der Waals surface area (Å²) in [6, 6.07) is 0. The quantitative estimate of drug-likeness (QED) is 0.706. The molecular formula is C10H17BrClN. The van der Waals surface area contributed by atoms with Crippen molar-refractivity contribution in [2.75, 3.05) is 25.0 Å². The summed E-state index contributed by atoms with van der Waals surface area (Å²) in [6.07, 6.45) is 2.65. The first-order valence-electron chi connectivity index (χ1n) is 4.80. The van der Waals surface area contributed by atoms with E-state index in [1.54, 1.807) is 5.54 Å². The topological polar surface area (TPSA) is 3.24 Å². The molecule has 1 heterocycles. The molecule has 0 aromatic carbocycles. The minimum atomic E-state index is 0.891. The molecule has 1 unspecified atom stereocenters. The molecule has 1 fully saturated rings. The third kappa shape index (κ3) is 4.01. The Balaban J connectivity index is 2.25. The number of hydrogen-bond donors (Lipinski definition) is 0. The number of hydrogen-bond acceptors (Lipinski definition) is 1. The van der Waals surface area contributed by atoms with Crippen LogP contribution < -0.4 is 0 Å². The van der Waals surface area contributed by atoms with E-state index in [1.165, 1.54) is 31.5 Å². The van der Waals surface area contributed by atoms with Crippen LogP contribution >= 0.6 is 27.5 Å². The van der Waals surface area contributed by atoms with Gasteiger partial charge in [0.25, 0.3) is 0 Å². The standard InChI is InChI=1S/C10H17BrClN/c1-9(6-12)7-13-5-3-10(8-13)2-4-11/h6,10H,2-5,7-8H2,1H3. The molecule has 1 atom stereocenters. The largest absolute Gasteiger partial charge is 0.299 e. The third-order valence-electron chi connectivity index (χ3n) is 2.55. The second kappa shape index (κ2) is 6.05. The van der Waals surface area contributed by atoms with Crippen molar-refractivity contribution in [3.05, 3.63) is 11.1 Å². The van der Waals surface area contributed by atoms with Gasteiger partial charge in [-0.3, -0.25) is 4.90 Å². The predicted molar refractivity (Wildman–Crippen MR) is 62.6 cm³/mol. The van der Waals surface area contributed by atoms with E-state index in [2.05, 4.69) is 27.8 Å². The van der Waals surface area contributed by atoms with Gasteiger partial charge >= 0.3 is 0 Å². The van der Waals surface area contributed by atoms with Gasteiger partial charge in [-0.15, -0.1) is 0 Å². The van der Waals surface area contributed by atoms with Gasteiger partial charge in [0, 0.05) is 24.0 Å². The Kier molecular flexibility index (Phi) is 5.37. The fraction of sp³-hybridized carbons (Fsp3) is 0.800. The molecule has 1 saturated heterocycles. The van der Waals surface area contributed by atoms with Crippen molar-refractivity contribution >= 4 is 27.5 Å². The molecule has 1 aliphatic heterocycles. The first-order valence-corrected chi connectivity index (χ1v) is 6.36. The summed E-state index contributed by atoms with van der Waals surface area (Å²) >= 11 is 9.12. The van der Waals surface area contributed by atoms with Crippen LogP contribution in [0.2, 0.25) is 0 Å². The zero-order valence-corrected chi connectivity index (χ0v) is 10.4. The zero-order valence-electron chi connectivity index (χ0n) is 8.10. The lowest BCUT2D eigenvalue weighted by Crippen LogP contribution is -2.22. The van der Waals surface area contributed by atoms with Crippen molar-refractivity contribution < 1.29 is 0 Å². The van der Waals surface area contributed by atoms with Crippen LogP contribution in [0.3, 0.4) is 0 Å². The highest BCUT2D eigenvalue weighted by Gasteiger charge is 2.21. The second-order valence-electron chi connectivity index (χ2n) is 3.82. The molecule has 13 heavy (non-hydrogen) atoms. The van der Waals surface area contributed by atoms with E-state index in [-0.39, 0.29) is 0 Å². The van der Waals surface area contributed by atoms with Crippen LogP contribution in [0.25, 0.3) is 0 Å². The Bertz CT molecular complexity index is 182. The average Bonchev–Trinajstić information content (AvgIpc) is 2.53. The van der Waals surface area contributed by atoms with E-state index in [0.717, 1.165) is 17.8 Å². The van der Waals surface area contributed by atoms with E-state index in [1.807, 2.05) is 0 Å². The van der Waals surface area contributed by atoms with E-state index < -0.39 is 0 Å². The molecule has 0 saturated carbocycles. The minimum absolute atomic E-state index is 0.891. The van der Waals surface area contributed by atoms with Gasteiger partial charge in [0.05, 0.1) is 0 Å². The molecule has 0 N–H and O–H groups in total. The lowest BCUT2D eigenvalue weighted by Gasteiger charge is -2.15. The van der Waals surface area contributed by atoms with Gasteiger partial charge in [-0.2, -0.15) is 0 Å². The summed E-state index contributed by atoms with van der Waals surface area (Å²) in [5.41, 5.74) is 2.96. The van der Waals surface area contributed by atoms with Crippen LogP contribution in [-0.4, -0.2) is 29.9 Å². The number of nitrogens with zero attached hydrogens (tertiary/aromatic N) is 1. The maximum atomic E-state index is 5.63. The van der Waals surface area contributed by atoms with Gasteiger partial charge in [-0.05, 0) is 37.8 Å². The van der Waals surface area contributed by atoms with Crippen LogP contribution in [0, 0.1) is 5.92 Å². The fourth-order valence-corrected chi connectivity index (χ4v) is 2.55. The molecule has 1 aliphatic rings. The van der Waals surface area contributed by atoms with Gasteiger partial charge in [-0.1, -0.05) is 27.5 Å². The van der Waals surface area contributed by atoms with E-state index >= 15 is 0 Å². The maximum absolute atomic E-state index is 5.63. The molecule has 1 rings (SSSR count). The molecule has 0 bridgehead atoms. The first kappa shape index (κ1) is 11.5. The molecule has 0 aromatic heterocycles. The maximum Gasteiger partial charge on any atom is 0.0201 e. The average molecular weight is 267 g/mol. The highest BCUT2D eigenvalue weighted by atomic mass is 79.9. The van der Waals surface area contributed by atoms with Crippen molar-refractivity contribution in [3.8, 4) is 0 Å². The zero-order chi connectivity index (χ0) is 9.68. The summed E-state index contributed by atoms with van der Waals surface area (Å²) in [5.74, 6) is 0.891. The first-order chi connectivity index (χ1) is 6.26. The molecule has 76 valence electrons. The summed E-state index contributed by atoms with van der Waals surface area (Å²) in [7, 11) is 0. The van der Waals surface area contributed by atoms with Gasteiger partial charge in [0.15, 0.2) is 0 Å². The van der Waals surface area contributed by atoms with Gasteiger partial charge in [0.2, 0.25) is 0 Å². The molecule has 1 nitrogen and oxygen atoms in total. The molecule has 0 radical (unpaired) electrons. The van der Waals surface area contributed by atoms with Crippen molar-refractivity contribution in [1.82, 2.24) is 4.90 Å². The second-order valence-corrected chi connectivity index (χ2v) is 4.83. The lowest BCUT2D eigenvalue weighted by atomic mass is 10.1. The molecule has 0 amide bonds. The molecule has 3 heteroatoms. The van der Waals surface area contributed by atoms with Crippen LogP contribution in [-0.2, 0) is 0 Å². The van der Waals surface area contributed by atoms with Gasteiger partial charge in [0.1, 0.15) is 0 Å². The summed E-state index contributed by atoms with van der Waals surface area (Å²) in [5, 5.41) is 1.13. The van der Waals surface area contributed by atoms with Crippen molar-refractivity contribution in [2.24, 2.45) is 5.92 Å². The third-order valence-corrected chi connectivity index (χ3v) is 3.38. The van der Waals surface area contributed by atoms with Crippen LogP contribution in [0.4, 0.5) is 0 Å². The Morgan fingerprint density at radius 3 is 3.08 bits per heavy atom. The number of halogens is 2. The SMILES string of the molecule is CC(=CCl)CN1CCC(CCBr)C1. The molecule has 0 aromatic rings. The summed E-state index contributed by atoms with van der Waals surface area (Å²) in [6.45, 7) is 5.61. The fourth-order valence-electron chi connectivity index (χ4n) is 1.83. The molecular weight excluding hydrogens is 249 g/mol. The van der Waals surface area contributed by atoms with E-state index in [9.17, 15) is 0 Å². The summed E-state index contributed by atoms with van der Waals surface area (Å²) in [4.78, 5) is 2.49. The highest BCUT2D eigenvalue weighted by molar-refractivity contribution is 9.09. The van der Waals surface area contributed by atoms with Crippen LogP contribution in [0.15, 0.2) is 11.1 Å². The molecule has 0 aliphatic carbocycles. The Morgan fingerprint density at radius 1 is 1.69 bits per heavy atom. The monoisotopic (exact) mass is 265 g/mol. The van der Waals surface area contributed by atoms with E-state index in [0.29, 0.717) is 0 Å². The Labute approximate surface area is 94.3 Å². The number of rotatable bonds is 4. The van der Waals surface area contributed by atoms with E-state index in [4.69, 9.17) is 11.6 Å². The number of likely N-dealkylation sites (tertiary alicyclic amines) is 1. The summed E-state index contributed by atoms with van der Waals surface area (Å²) < 4.78 is 0. The Hall–Kier alpha value is 0.470. The van der Waals surface area contributed by atoms with Crippen molar-refractivity contribution in [2.45, 2.75) is 19.8 Å². The molecule has 0 spiro atoms. The highest BCUT2D eigenvalue weighted by Crippen LogP contribution is 2.20. The normalized spacial score (nSPS) is 25.5. The van der Waals surface area contributed by atoms with Crippen LogP contribution in [0.5, 0.6) is 0 Å². The lowest BCUT2D eigenvalue weighted by molar-refractivity contribution is 0.350. The van der Waals surface area contributed by atoms with Crippen molar-refractivity contribution in [1.29, 1.82) is 0 Å². The van der Waals surface area contributed by atoms with Crippen molar-refractivity contribution in [3.63, 3.8) is 0 Å². The minimum Gasteiger partial charge on any atom is -0.299 e.